The predicted octanol–water partition coefficient (Wildman–Crippen LogP) is 3.37. The number of nitrogens with one attached hydrogen (secondary N) is 1. The standard InChI is InChI=1S/C20H26N2O2/c1-24-18-9-8-15-10-14(6-7-16(15)11-18)13-22-20(23)12-17-4-2-3-5-19(17)21/h6-11,17,19H,2-5,12-13,21H2,1H3,(H,22,23). The third kappa shape index (κ3) is 4.06. The lowest BCUT2D eigenvalue weighted by Crippen LogP contribution is -2.36. The summed E-state index contributed by atoms with van der Waals surface area (Å²) in [6, 6.07) is 12.4. The summed E-state index contributed by atoms with van der Waals surface area (Å²) in [5.41, 5.74) is 7.24. The van der Waals surface area contributed by atoms with Gasteiger partial charge in [-0.05, 0) is 53.3 Å². The fourth-order valence-corrected chi connectivity index (χ4v) is 3.51. The minimum absolute atomic E-state index is 0.104. The summed E-state index contributed by atoms with van der Waals surface area (Å²) in [7, 11) is 1.67. The molecule has 0 bridgehead atoms. The number of benzene rings is 2. The van der Waals surface area contributed by atoms with E-state index < -0.39 is 0 Å². The highest BCUT2D eigenvalue weighted by Gasteiger charge is 2.23. The van der Waals surface area contributed by atoms with E-state index in [1.807, 2.05) is 24.3 Å². The zero-order chi connectivity index (χ0) is 16.9. The van der Waals surface area contributed by atoms with Gasteiger partial charge in [-0.2, -0.15) is 0 Å². The van der Waals surface area contributed by atoms with Crippen molar-refractivity contribution < 1.29 is 9.53 Å². The number of methoxy groups -OCH3 is 1. The topological polar surface area (TPSA) is 64.3 Å². The molecule has 0 saturated heterocycles. The lowest BCUT2D eigenvalue weighted by Gasteiger charge is -2.27. The lowest BCUT2D eigenvalue weighted by molar-refractivity contribution is -0.122. The van der Waals surface area contributed by atoms with Crippen LogP contribution in [-0.2, 0) is 11.3 Å². The molecule has 4 nitrogen and oxygen atoms in total. The molecule has 1 aliphatic rings. The summed E-state index contributed by atoms with van der Waals surface area (Å²) in [6.07, 6.45) is 5.06. The molecule has 2 unspecified atom stereocenters. The molecule has 128 valence electrons. The van der Waals surface area contributed by atoms with Crippen LogP contribution in [0.1, 0.15) is 37.7 Å². The van der Waals surface area contributed by atoms with Crippen LogP contribution in [0.4, 0.5) is 0 Å². The van der Waals surface area contributed by atoms with Gasteiger partial charge >= 0.3 is 0 Å². The number of carbonyl (C=O) groups is 1. The Labute approximate surface area is 143 Å². The molecular formula is C20H26N2O2. The van der Waals surface area contributed by atoms with Crippen molar-refractivity contribution in [2.75, 3.05) is 7.11 Å². The fraction of sp³-hybridized carbons (Fsp3) is 0.450. The van der Waals surface area contributed by atoms with Crippen LogP contribution in [0.5, 0.6) is 5.75 Å². The molecular weight excluding hydrogens is 300 g/mol. The van der Waals surface area contributed by atoms with E-state index in [9.17, 15) is 4.79 Å². The average molecular weight is 326 g/mol. The van der Waals surface area contributed by atoms with Crippen LogP contribution in [-0.4, -0.2) is 19.1 Å². The number of nitrogens with two attached hydrogens (primary N) is 1. The molecule has 2 aromatic rings. The van der Waals surface area contributed by atoms with Gasteiger partial charge in [0.15, 0.2) is 0 Å². The van der Waals surface area contributed by atoms with E-state index in [1.165, 1.54) is 12.8 Å². The molecule has 2 atom stereocenters. The molecule has 1 amide bonds. The van der Waals surface area contributed by atoms with Crippen molar-refractivity contribution >= 4 is 16.7 Å². The van der Waals surface area contributed by atoms with Gasteiger partial charge in [0.1, 0.15) is 5.75 Å². The average Bonchev–Trinajstić information content (AvgIpc) is 2.61. The molecule has 0 aliphatic heterocycles. The lowest BCUT2D eigenvalue weighted by atomic mass is 9.83. The van der Waals surface area contributed by atoms with E-state index in [2.05, 4.69) is 17.4 Å². The minimum atomic E-state index is 0.104. The van der Waals surface area contributed by atoms with Gasteiger partial charge in [-0.15, -0.1) is 0 Å². The summed E-state index contributed by atoms with van der Waals surface area (Å²) in [6.45, 7) is 0.558. The minimum Gasteiger partial charge on any atom is -0.497 e. The van der Waals surface area contributed by atoms with Crippen LogP contribution < -0.4 is 15.8 Å². The van der Waals surface area contributed by atoms with Gasteiger partial charge in [-0.1, -0.05) is 31.0 Å². The van der Waals surface area contributed by atoms with Crippen molar-refractivity contribution in [3.05, 3.63) is 42.0 Å². The number of hydrogen-bond acceptors (Lipinski definition) is 3. The molecule has 24 heavy (non-hydrogen) atoms. The number of ether oxygens (including phenoxy) is 1. The van der Waals surface area contributed by atoms with Crippen molar-refractivity contribution in [1.29, 1.82) is 0 Å². The van der Waals surface area contributed by atoms with Crippen LogP contribution in [0.3, 0.4) is 0 Å². The summed E-state index contributed by atoms with van der Waals surface area (Å²) < 4.78 is 5.25. The quantitative estimate of drug-likeness (QED) is 0.885. The number of fused-ring (bicyclic) bond motifs is 1. The molecule has 0 aromatic heterocycles. The van der Waals surface area contributed by atoms with E-state index in [4.69, 9.17) is 10.5 Å². The molecule has 3 rings (SSSR count). The van der Waals surface area contributed by atoms with Crippen LogP contribution in [0.15, 0.2) is 36.4 Å². The maximum Gasteiger partial charge on any atom is 0.220 e. The van der Waals surface area contributed by atoms with Crippen molar-refractivity contribution in [3.8, 4) is 5.75 Å². The van der Waals surface area contributed by atoms with Gasteiger partial charge in [-0.3, -0.25) is 4.79 Å². The zero-order valence-corrected chi connectivity index (χ0v) is 14.3. The summed E-state index contributed by atoms with van der Waals surface area (Å²) in [5.74, 6) is 1.29. The monoisotopic (exact) mass is 326 g/mol. The molecule has 4 heteroatoms. The first-order valence-corrected chi connectivity index (χ1v) is 8.74. The van der Waals surface area contributed by atoms with E-state index >= 15 is 0 Å². The highest BCUT2D eigenvalue weighted by molar-refractivity contribution is 5.84. The Hall–Kier alpha value is -2.07. The predicted molar refractivity (Wildman–Crippen MR) is 96.9 cm³/mol. The van der Waals surface area contributed by atoms with Gasteiger partial charge in [-0.25, -0.2) is 0 Å². The van der Waals surface area contributed by atoms with Crippen molar-refractivity contribution in [1.82, 2.24) is 5.32 Å². The summed E-state index contributed by atoms with van der Waals surface area (Å²) in [5, 5.41) is 5.32. The number of rotatable bonds is 5. The summed E-state index contributed by atoms with van der Waals surface area (Å²) in [4.78, 5) is 12.2. The Morgan fingerprint density at radius 2 is 1.92 bits per heavy atom. The Kier molecular flexibility index (Phi) is 5.36. The summed E-state index contributed by atoms with van der Waals surface area (Å²) >= 11 is 0. The third-order valence-electron chi connectivity index (χ3n) is 5.02. The first-order valence-electron chi connectivity index (χ1n) is 8.74. The van der Waals surface area contributed by atoms with Crippen LogP contribution in [0.25, 0.3) is 10.8 Å². The molecule has 1 fully saturated rings. The number of hydrogen-bond donors (Lipinski definition) is 2. The smallest absolute Gasteiger partial charge is 0.220 e. The fourth-order valence-electron chi connectivity index (χ4n) is 3.51. The molecule has 2 aromatic carbocycles. The second kappa shape index (κ2) is 7.67. The Bertz CT molecular complexity index is 714. The molecule has 1 saturated carbocycles. The van der Waals surface area contributed by atoms with E-state index in [0.717, 1.165) is 34.9 Å². The van der Waals surface area contributed by atoms with Crippen LogP contribution in [0, 0.1) is 5.92 Å². The molecule has 0 heterocycles. The van der Waals surface area contributed by atoms with Crippen molar-refractivity contribution in [2.24, 2.45) is 11.7 Å². The van der Waals surface area contributed by atoms with E-state index in [-0.39, 0.29) is 11.9 Å². The van der Waals surface area contributed by atoms with Crippen molar-refractivity contribution in [3.63, 3.8) is 0 Å². The molecule has 0 radical (unpaired) electrons. The highest BCUT2D eigenvalue weighted by Crippen LogP contribution is 2.25. The largest absolute Gasteiger partial charge is 0.497 e. The first-order chi connectivity index (χ1) is 11.7. The SMILES string of the molecule is COc1ccc2cc(CNC(=O)CC3CCCCC3N)ccc2c1. The first kappa shape index (κ1) is 16.8. The van der Waals surface area contributed by atoms with E-state index in [0.29, 0.717) is 18.9 Å². The Balaban J connectivity index is 1.57. The van der Waals surface area contributed by atoms with Gasteiger partial charge in [0, 0.05) is 19.0 Å². The highest BCUT2D eigenvalue weighted by atomic mass is 16.5. The molecule has 0 spiro atoms. The van der Waals surface area contributed by atoms with Gasteiger partial charge < -0.3 is 15.8 Å². The van der Waals surface area contributed by atoms with Crippen molar-refractivity contribution in [2.45, 2.75) is 44.7 Å². The maximum absolute atomic E-state index is 12.2. The van der Waals surface area contributed by atoms with Crippen LogP contribution >= 0.6 is 0 Å². The Morgan fingerprint density at radius 1 is 1.17 bits per heavy atom. The zero-order valence-electron chi connectivity index (χ0n) is 14.3. The second-order valence-corrected chi connectivity index (χ2v) is 6.74. The molecule has 1 aliphatic carbocycles. The maximum atomic E-state index is 12.2. The second-order valence-electron chi connectivity index (χ2n) is 6.74. The van der Waals surface area contributed by atoms with Crippen LogP contribution in [0.2, 0.25) is 0 Å². The van der Waals surface area contributed by atoms with E-state index in [1.54, 1.807) is 7.11 Å². The number of amides is 1. The Morgan fingerprint density at radius 3 is 2.71 bits per heavy atom. The third-order valence-corrected chi connectivity index (χ3v) is 5.02. The molecule has 3 N–H and O–H groups in total. The van der Waals surface area contributed by atoms with Gasteiger partial charge in [0.2, 0.25) is 5.91 Å². The normalized spacial score (nSPS) is 20.8. The van der Waals surface area contributed by atoms with Gasteiger partial charge in [0.25, 0.3) is 0 Å². The number of carbonyl (C=O) groups excluding carboxylic acids is 1. The van der Waals surface area contributed by atoms with Gasteiger partial charge in [0.05, 0.1) is 7.11 Å².